The standard InChI is InChI=1S/C20H28N2OS/c1-16-10-11-18(24-16)14-22(15-19(23)21-20(2,3)4)13-12-17-8-6-5-7-9-17/h5-11H,12-15H2,1-4H3,(H,21,23). The summed E-state index contributed by atoms with van der Waals surface area (Å²) < 4.78 is 0. The summed E-state index contributed by atoms with van der Waals surface area (Å²) in [5.41, 5.74) is 1.11. The first-order valence-electron chi connectivity index (χ1n) is 8.44. The Morgan fingerprint density at radius 1 is 1.12 bits per heavy atom. The minimum absolute atomic E-state index is 0.0869. The molecule has 4 heteroatoms. The summed E-state index contributed by atoms with van der Waals surface area (Å²) in [6, 6.07) is 14.8. The van der Waals surface area contributed by atoms with E-state index in [2.05, 4.69) is 53.5 Å². The van der Waals surface area contributed by atoms with E-state index in [1.165, 1.54) is 15.3 Å². The largest absolute Gasteiger partial charge is 0.350 e. The fraction of sp³-hybridized carbons (Fsp3) is 0.450. The maximum atomic E-state index is 12.3. The van der Waals surface area contributed by atoms with Crippen LogP contribution in [-0.2, 0) is 17.8 Å². The lowest BCUT2D eigenvalue weighted by Gasteiger charge is -2.25. The molecule has 1 amide bonds. The number of hydrogen-bond acceptors (Lipinski definition) is 3. The van der Waals surface area contributed by atoms with Crippen molar-refractivity contribution in [3.05, 3.63) is 57.8 Å². The van der Waals surface area contributed by atoms with E-state index in [0.717, 1.165) is 19.5 Å². The van der Waals surface area contributed by atoms with Gasteiger partial charge in [-0.3, -0.25) is 9.69 Å². The molecular formula is C20H28N2OS. The average molecular weight is 345 g/mol. The summed E-state index contributed by atoms with van der Waals surface area (Å²) in [5.74, 6) is 0.0869. The molecule has 3 nitrogen and oxygen atoms in total. The maximum Gasteiger partial charge on any atom is 0.234 e. The van der Waals surface area contributed by atoms with E-state index in [9.17, 15) is 4.79 Å². The first-order chi connectivity index (χ1) is 11.3. The van der Waals surface area contributed by atoms with E-state index in [-0.39, 0.29) is 11.4 Å². The summed E-state index contributed by atoms with van der Waals surface area (Å²) in [5, 5.41) is 3.06. The molecule has 2 aromatic rings. The third kappa shape index (κ3) is 6.85. The molecule has 1 heterocycles. The number of benzene rings is 1. The summed E-state index contributed by atoms with van der Waals surface area (Å²) in [6.45, 7) is 10.3. The van der Waals surface area contributed by atoms with Crippen molar-refractivity contribution in [1.82, 2.24) is 10.2 Å². The molecule has 24 heavy (non-hydrogen) atoms. The lowest BCUT2D eigenvalue weighted by atomic mass is 10.1. The van der Waals surface area contributed by atoms with Crippen molar-refractivity contribution >= 4 is 17.2 Å². The van der Waals surface area contributed by atoms with E-state index >= 15 is 0 Å². The molecule has 1 N–H and O–H groups in total. The molecule has 0 aliphatic carbocycles. The summed E-state index contributed by atoms with van der Waals surface area (Å²) in [6.07, 6.45) is 0.952. The van der Waals surface area contributed by atoms with Gasteiger partial charge < -0.3 is 5.32 Å². The van der Waals surface area contributed by atoms with Gasteiger partial charge in [0, 0.05) is 28.4 Å². The molecule has 0 radical (unpaired) electrons. The van der Waals surface area contributed by atoms with Crippen LogP contribution in [0.1, 0.15) is 36.1 Å². The van der Waals surface area contributed by atoms with Crippen LogP contribution in [0.4, 0.5) is 0 Å². The molecule has 0 aliphatic rings. The molecule has 0 saturated heterocycles. The summed E-state index contributed by atoms with van der Waals surface area (Å²) in [7, 11) is 0. The van der Waals surface area contributed by atoms with Gasteiger partial charge in [0.05, 0.1) is 6.54 Å². The van der Waals surface area contributed by atoms with E-state index in [4.69, 9.17) is 0 Å². The van der Waals surface area contributed by atoms with Crippen LogP contribution >= 0.6 is 11.3 Å². The van der Waals surface area contributed by atoms with Gasteiger partial charge in [0.25, 0.3) is 0 Å². The predicted molar refractivity (Wildman–Crippen MR) is 102 cm³/mol. The molecule has 0 bridgehead atoms. The number of thiophene rings is 1. The van der Waals surface area contributed by atoms with Crippen LogP contribution in [0.5, 0.6) is 0 Å². The second-order valence-corrected chi connectivity index (χ2v) is 8.63. The highest BCUT2D eigenvalue weighted by Crippen LogP contribution is 2.17. The highest BCUT2D eigenvalue weighted by molar-refractivity contribution is 7.11. The van der Waals surface area contributed by atoms with Gasteiger partial charge in [-0.1, -0.05) is 30.3 Å². The molecule has 130 valence electrons. The third-order valence-corrected chi connectivity index (χ3v) is 4.60. The Kier molecular flexibility index (Phi) is 6.58. The fourth-order valence-corrected chi connectivity index (χ4v) is 3.53. The summed E-state index contributed by atoms with van der Waals surface area (Å²) in [4.78, 5) is 17.2. The van der Waals surface area contributed by atoms with Crippen molar-refractivity contribution in [2.24, 2.45) is 0 Å². The average Bonchev–Trinajstić information content (AvgIpc) is 2.89. The van der Waals surface area contributed by atoms with Gasteiger partial charge in [-0.05, 0) is 51.8 Å². The number of amides is 1. The predicted octanol–water partition coefficient (Wildman–Crippen LogP) is 4.02. The zero-order valence-electron chi connectivity index (χ0n) is 15.1. The lowest BCUT2D eigenvalue weighted by Crippen LogP contribution is -2.46. The number of rotatable bonds is 7. The number of nitrogens with zero attached hydrogens (tertiary/aromatic N) is 1. The second-order valence-electron chi connectivity index (χ2n) is 7.26. The number of hydrogen-bond donors (Lipinski definition) is 1. The molecule has 1 aromatic carbocycles. The minimum atomic E-state index is -0.193. The minimum Gasteiger partial charge on any atom is -0.350 e. The fourth-order valence-electron chi connectivity index (χ4n) is 2.60. The molecule has 0 fully saturated rings. The molecular weight excluding hydrogens is 316 g/mol. The maximum absolute atomic E-state index is 12.3. The quantitative estimate of drug-likeness (QED) is 0.823. The van der Waals surface area contributed by atoms with E-state index in [0.29, 0.717) is 6.54 Å². The molecule has 0 atom stereocenters. The molecule has 0 aliphatic heterocycles. The Labute approximate surface area is 149 Å². The van der Waals surface area contributed by atoms with Gasteiger partial charge >= 0.3 is 0 Å². The van der Waals surface area contributed by atoms with Crippen LogP contribution in [0.15, 0.2) is 42.5 Å². The summed E-state index contributed by atoms with van der Waals surface area (Å²) >= 11 is 1.80. The molecule has 0 spiro atoms. The van der Waals surface area contributed by atoms with Gasteiger partial charge in [0.2, 0.25) is 5.91 Å². The van der Waals surface area contributed by atoms with E-state index < -0.39 is 0 Å². The number of aryl methyl sites for hydroxylation is 1. The monoisotopic (exact) mass is 344 g/mol. The van der Waals surface area contributed by atoms with E-state index in [1.807, 2.05) is 26.8 Å². The van der Waals surface area contributed by atoms with E-state index in [1.54, 1.807) is 11.3 Å². The van der Waals surface area contributed by atoms with Crippen LogP contribution in [0, 0.1) is 6.92 Å². The number of carbonyl (C=O) groups is 1. The SMILES string of the molecule is Cc1ccc(CN(CCc2ccccc2)CC(=O)NC(C)(C)C)s1. The molecule has 0 saturated carbocycles. The highest BCUT2D eigenvalue weighted by atomic mass is 32.1. The molecule has 2 rings (SSSR count). The van der Waals surface area contributed by atoms with Crippen LogP contribution in [0.2, 0.25) is 0 Å². The van der Waals surface area contributed by atoms with Crippen molar-refractivity contribution in [3.63, 3.8) is 0 Å². The smallest absolute Gasteiger partial charge is 0.234 e. The third-order valence-electron chi connectivity index (χ3n) is 3.62. The normalized spacial score (nSPS) is 11.7. The topological polar surface area (TPSA) is 32.3 Å². The van der Waals surface area contributed by atoms with Gasteiger partial charge in [0.15, 0.2) is 0 Å². The zero-order valence-corrected chi connectivity index (χ0v) is 16.0. The van der Waals surface area contributed by atoms with Crippen molar-refractivity contribution < 1.29 is 4.79 Å². The van der Waals surface area contributed by atoms with Gasteiger partial charge in [0.1, 0.15) is 0 Å². The van der Waals surface area contributed by atoms with Crippen LogP contribution in [0.25, 0.3) is 0 Å². The Morgan fingerprint density at radius 3 is 2.42 bits per heavy atom. The van der Waals surface area contributed by atoms with Gasteiger partial charge in [-0.15, -0.1) is 11.3 Å². The van der Waals surface area contributed by atoms with Crippen LogP contribution in [0.3, 0.4) is 0 Å². The van der Waals surface area contributed by atoms with Crippen molar-refractivity contribution in [1.29, 1.82) is 0 Å². The van der Waals surface area contributed by atoms with Crippen molar-refractivity contribution in [3.8, 4) is 0 Å². The van der Waals surface area contributed by atoms with Crippen molar-refractivity contribution in [2.45, 2.75) is 46.2 Å². The van der Waals surface area contributed by atoms with Gasteiger partial charge in [-0.2, -0.15) is 0 Å². The zero-order chi connectivity index (χ0) is 17.6. The Bertz CT molecular complexity index is 643. The second kappa shape index (κ2) is 8.45. The Hall–Kier alpha value is -1.65. The van der Waals surface area contributed by atoms with Crippen LogP contribution < -0.4 is 5.32 Å². The lowest BCUT2D eigenvalue weighted by molar-refractivity contribution is -0.123. The van der Waals surface area contributed by atoms with Crippen LogP contribution in [-0.4, -0.2) is 29.4 Å². The number of carbonyl (C=O) groups excluding carboxylic acids is 1. The molecule has 1 aromatic heterocycles. The highest BCUT2D eigenvalue weighted by Gasteiger charge is 2.17. The number of nitrogens with one attached hydrogen (secondary N) is 1. The first-order valence-corrected chi connectivity index (χ1v) is 9.26. The van der Waals surface area contributed by atoms with Crippen molar-refractivity contribution in [2.75, 3.05) is 13.1 Å². The Morgan fingerprint density at radius 2 is 1.83 bits per heavy atom. The Balaban J connectivity index is 1.98. The van der Waals surface area contributed by atoms with Gasteiger partial charge in [-0.25, -0.2) is 0 Å². The molecule has 0 unspecified atom stereocenters. The first kappa shape index (κ1) is 18.7.